The van der Waals surface area contributed by atoms with Crippen molar-refractivity contribution in [1.82, 2.24) is 9.55 Å². The first-order chi connectivity index (χ1) is 8.91. The van der Waals surface area contributed by atoms with Crippen molar-refractivity contribution in [3.63, 3.8) is 0 Å². The average molecular weight is 304 g/mol. The van der Waals surface area contributed by atoms with Crippen LogP contribution in [0.15, 0.2) is 11.4 Å². The maximum absolute atomic E-state index is 11.1. The van der Waals surface area contributed by atoms with Crippen molar-refractivity contribution in [2.45, 2.75) is 37.9 Å². The van der Waals surface area contributed by atoms with Gasteiger partial charge in [-0.2, -0.15) is 0 Å². The summed E-state index contributed by atoms with van der Waals surface area (Å²) >= 11 is 1.23. The van der Waals surface area contributed by atoms with Crippen LogP contribution in [0.4, 0.5) is 0 Å². The molecule has 7 heteroatoms. The molecule has 0 radical (unpaired) electrons. The number of carboxylic acids is 1. The maximum Gasteiger partial charge on any atom is 0.313 e. The molecule has 0 fully saturated rings. The normalized spacial score (nSPS) is 12.8. The van der Waals surface area contributed by atoms with Crippen molar-refractivity contribution in [3.05, 3.63) is 11.9 Å². The number of rotatable bonds is 8. The molecule has 19 heavy (non-hydrogen) atoms. The quantitative estimate of drug-likeness (QED) is 0.743. The minimum atomic E-state index is -0.847. The van der Waals surface area contributed by atoms with Gasteiger partial charge in [0.05, 0.1) is 5.75 Å². The molecule has 1 heterocycles. The monoisotopic (exact) mass is 304 g/mol. The van der Waals surface area contributed by atoms with Crippen LogP contribution in [0, 0.1) is 0 Å². The van der Waals surface area contributed by atoms with Crippen LogP contribution < -0.4 is 0 Å². The number of aliphatic carboxylic acids is 1. The third kappa shape index (κ3) is 5.36. The largest absolute Gasteiger partial charge is 0.481 e. The predicted octanol–water partition coefficient (Wildman–Crippen LogP) is 1.95. The highest BCUT2D eigenvalue weighted by Gasteiger charge is 2.14. The number of nitrogens with zero attached hydrogens (tertiary/aromatic N) is 2. The van der Waals surface area contributed by atoms with E-state index in [-0.39, 0.29) is 5.75 Å². The molecule has 0 aromatic carbocycles. The number of imidazole rings is 1. The highest BCUT2D eigenvalue weighted by atomic mass is 32.2. The third-order valence-corrected chi connectivity index (χ3v) is 4.42. The molecule has 1 rings (SSSR count). The number of carbonyl (C=O) groups is 1. The lowest BCUT2D eigenvalue weighted by Crippen LogP contribution is -2.09. The molecule has 1 aromatic heterocycles. The lowest BCUT2D eigenvalue weighted by molar-refractivity contribution is -0.133. The molecule has 1 N–H and O–H groups in total. The summed E-state index contributed by atoms with van der Waals surface area (Å²) in [6.07, 6.45) is 4.30. The Hall–Kier alpha value is -0.820. The van der Waals surface area contributed by atoms with E-state index in [1.165, 1.54) is 11.8 Å². The fourth-order valence-corrected chi connectivity index (χ4v) is 2.99. The van der Waals surface area contributed by atoms with E-state index in [1.54, 1.807) is 12.5 Å². The lowest BCUT2D eigenvalue weighted by atomic mass is 10.1. The van der Waals surface area contributed by atoms with Crippen molar-refractivity contribution in [3.8, 4) is 0 Å². The van der Waals surface area contributed by atoms with Gasteiger partial charge in [-0.05, 0) is 12.3 Å². The van der Waals surface area contributed by atoms with Gasteiger partial charge >= 0.3 is 5.97 Å². The summed E-state index contributed by atoms with van der Waals surface area (Å²) in [5.74, 6) is 0.145. The van der Waals surface area contributed by atoms with Crippen LogP contribution in [0.25, 0.3) is 0 Å². The third-order valence-electron chi connectivity index (χ3n) is 2.58. The Morgan fingerprint density at radius 1 is 1.58 bits per heavy atom. The molecule has 108 valence electrons. The Bertz CT molecular complexity index is 458. The topological polar surface area (TPSA) is 72.2 Å². The van der Waals surface area contributed by atoms with Gasteiger partial charge in [-0.15, -0.1) is 0 Å². The Labute approximate surface area is 120 Å². The second kappa shape index (κ2) is 7.69. The van der Waals surface area contributed by atoms with Gasteiger partial charge in [0, 0.05) is 41.2 Å². The lowest BCUT2D eigenvalue weighted by Gasteiger charge is -2.13. The summed E-state index contributed by atoms with van der Waals surface area (Å²) in [5, 5.41) is 9.46. The van der Waals surface area contributed by atoms with Crippen molar-refractivity contribution >= 4 is 28.5 Å². The molecule has 1 atom stereocenters. The van der Waals surface area contributed by atoms with Crippen LogP contribution in [0.3, 0.4) is 0 Å². The Morgan fingerprint density at radius 2 is 2.26 bits per heavy atom. The van der Waals surface area contributed by atoms with E-state index in [9.17, 15) is 9.00 Å². The van der Waals surface area contributed by atoms with E-state index < -0.39 is 16.8 Å². The highest BCUT2D eigenvalue weighted by molar-refractivity contribution is 7.99. The van der Waals surface area contributed by atoms with Gasteiger partial charge < -0.3 is 9.67 Å². The molecule has 0 aliphatic rings. The van der Waals surface area contributed by atoms with E-state index in [4.69, 9.17) is 5.11 Å². The summed E-state index contributed by atoms with van der Waals surface area (Å²) < 4.78 is 13.1. The van der Waals surface area contributed by atoms with Gasteiger partial charge in [-0.1, -0.05) is 25.6 Å². The first-order valence-electron chi connectivity index (χ1n) is 6.11. The van der Waals surface area contributed by atoms with E-state index in [0.29, 0.717) is 11.7 Å². The average Bonchev–Trinajstić information content (AvgIpc) is 2.69. The molecule has 0 amide bonds. The Kier molecular flexibility index (Phi) is 6.57. The minimum absolute atomic E-state index is 0.00819. The SMILES string of the molecule is CC(C)c1cnc(SCC(=O)O)n1CCCS(C)=O. The Morgan fingerprint density at radius 3 is 2.79 bits per heavy atom. The predicted molar refractivity (Wildman–Crippen MR) is 78.2 cm³/mol. The molecule has 0 spiro atoms. The van der Waals surface area contributed by atoms with E-state index in [2.05, 4.69) is 18.8 Å². The summed E-state index contributed by atoms with van der Waals surface area (Å²) in [4.78, 5) is 14.9. The fraction of sp³-hybridized carbons (Fsp3) is 0.667. The number of hydrogen-bond acceptors (Lipinski definition) is 4. The molecule has 0 saturated heterocycles. The molecule has 1 unspecified atom stereocenters. The number of thioether (sulfide) groups is 1. The molecule has 1 aromatic rings. The van der Waals surface area contributed by atoms with Crippen LogP contribution >= 0.6 is 11.8 Å². The first-order valence-corrected chi connectivity index (χ1v) is 8.83. The number of hydrogen-bond donors (Lipinski definition) is 1. The molecule has 5 nitrogen and oxygen atoms in total. The van der Waals surface area contributed by atoms with Crippen LogP contribution in [-0.2, 0) is 22.1 Å². The van der Waals surface area contributed by atoms with E-state index in [0.717, 1.165) is 23.8 Å². The standard InChI is InChI=1S/C12H20N2O3S2/c1-9(2)10-7-13-12(18-8-11(15)16)14(10)5-4-6-19(3)17/h7,9H,4-6,8H2,1-3H3,(H,15,16). The highest BCUT2D eigenvalue weighted by Crippen LogP contribution is 2.23. The van der Waals surface area contributed by atoms with Crippen LogP contribution in [0.1, 0.15) is 31.9 Å². The minimum Gasteiger partial charge on any atom is -0.481 e. The molecule has 0 bridgehead atoms. The van der Waals surface area contributed by atoms with Crippen LogP contribution in [0.2, 0.25) is 0 Å². The zero-order valence-corrected chi connectivity index (χ0v) is 13.1. The van der Waals surface area contributed by atoms with Crippen molar-refractivity contribution < 1.29 is 14.1 Å². The number of aromatic nitrogens is 2. The zero-order chi connectivity index (χ0) is 14.4. The first kappa shape index (κ1) is 16.2. The van der Waals surface area contributed by atoms with Crippen LogP contribution in [-0.4, -0.2) is 42.6 Å². The van der Waals surface area contributed by atoms with Gasteiger partial charge in [-0.25, -0.2) is 4.98 Å². The van der Waals surface area contributed by atoms with E-state index >= 15 is 0 Å². The molecular formula is C12H20N2O3S2. The van der Waals surface area contributed by atoms with Crippen molar-refractivity contribution in [2.75, 3.05) is 17.8 Å². The molecular weight excluding hydrogens is 284 g/mol. The Balaban J connectivity index is 2.79. The van der Waals surface area contributed by atoms with Crippen LogP contribution in [0.5, 0.6) is 0 Å². The van der Waals surface area contributed by atoms with Gasteiger partial charge in [-0.3, -0.25) is 9.00 Å². The fourth-order valence-electron chi connectivity index (χ4n) is 1.72. The van der Waals surface area contributed by atoms with Gasteiger partial charge in [0.1, 0.15) is 0 Å². The summed E-state index contributed by atoms with van der Waals surface area (Å²) in [6, 6.07) is 0. The molecule has 0 aliphatic carbocycles. The zero-order valence-electron chi connectivity index (χ0n) is 11.5. The summed E-state index contributed by atoms with van der Waals surface area (Å²) in [5.41, 5.74) is 1.09. The molecule has 0 aliphatic heterocycles. The maximum atomic E-state index is 11.1. The number of carboxylic acid groups (broad SMARTS) is 1. The smallest absolute Gasteiger partial charge is 0.313 e. The van der Waals surface area contributed by atoms with Crippen molar-refractivity contribution in [1.29, 1.82) is 0 Å². The summed E-state index contributed by atoms with van der Waals surface area (Å²) in [6.45, 7) is 4.89. The molecule has 0 saturated carbocycles. The second-order valence-electron chi connectivity index (χ2n) is 4.59. The van der Waals surface area contributed by atoms with Crippen molar-refractivity contribution in [2.24, 2.45) is 0 Å². The van der Waals surface area contributed by atoms with Gasteiger partial charge in [0.15, 0.2) is 5.16 Å². The summed E-state index contributed by atoms with van der Waals surface area (Å²) in [7, 11) is -0.797. The second-order valence-corrected chi connectivity index (χ2v) is 7.08. The van der Waals surface area contributed by atoms with Gasteiger partial charge in [0.25, 0.3) is 0 Å². The van der Waals surface area contributed by atoms with E-state index in [1.807, 2.05) is 4.57 Å². The van der Waals surface area contributed by atoms with Gasteiger partial charge in [0.2, 0.25) is 0 Å².